The molecule has 0 aliphatic heterocycles. The van der Waals surface area contributed by atoms with Crippen molar-refractivity contribution in [1.29, 1.82) is 5.26 Å². The van der Waals surface area contributed by atoms with Crippen molar-refractivity contribution >= 4 is 5.69 Å². The number of likely N-dealkylation sites (N-methyl/N-ethyl adjacent to an activating group) is 1. The van der Waals surface area contributed by atoms with E-state index in [1.54, 1.807) is 0 Å². The summed E-state index contributed by atoms with van der Waals surface area (Å²) in [6.45, 7) is 2.62. The molecule has 2 aromatic carbocycles. The molecule has 0 heterocycles. The summed E-state index contributed by atoms with van der Waals surface area (Å²) in [6.07, 6.45) is 0. The predicted octanol–water partition coefficient (Wildman–Crippen LogP) is 3.00. The van der Waals surface area contributed by atoms with Crippen molar-refractivity contribution in [1.82, 2.24) is 0 Å². The summed E-state index contributed by atoms with van der Waals surface area (Å²) in [5.41, 5.74) is 10.1. The zero-order chi connectivity index (χ0) is 14.5. The number of anilines is 1. The third-order valence-corrected chi connectivity index (χ3v) is 3.56. The zero-order valence-electron chi connectivity index (χ0n) is 11.9. The second kappa shape index (κ2) is 6.23. The molecule has 0 aliphatic rings. The van der Waals surface area contributed by atoms with Crippen molar-refractivity contribution in [2.24, 2.45) is 5.73 Å². The molecule has 0 bridgehead atoms. The molecule has 2 N–H and O–H groups in total. The normalized spacial score (nSPS) is 11.7. The van der Waals surface area contributed by atoms with E-state index in [4.69, 9.17) is 11.0 Å². The van der Waals surface area contributed by atoms with Gasteiger partial charge >= 0.3 is 0 Å². The monoisotopic (exact) mass is 265 g/mol. The van der Waals surface area contributed by atoms with Crippen LogP contribution in [0.25, 0.3) is 0 Å². The smallest absolute Gasteiger partial charge is 0.0991 e. The highest BCUT2D eigenvalue weighted by atomic mass is 15.1. The third kappa shape index (κ3) is 2.98. The van der Waals surface area contributed by atoms with Crippen LogP contribution in [0.4, 0.5) is 5.69 Å². The van der Waals surface area contributed by atoms with Gasteiger partial charge in [0.2, 0.25) is 0 Å². The first-order valence-electron chi connectivity index (χ1n) is 6.65. The summed E-state index contributed by atoms with van der Waals surface area (Å²) < 4.78 is 0. The Hall–Kier alpha value is -2.31. The van der Waals surface area contributed by atoms with E-state index in [0.29, 0.717) is 12.1 Å². The lowest BCUT2D eigenvalue weighted by Gasteiger charge is -2.29. The molecule has 0 amide bonds. The first kappa shape index (κ1) is 14.1. The van der Waals surface area contributed by atoms with E-state index >= 15 is 0 Å². The summed E-state index contributed by atoms with van der Waals surface area (Å²) in [5, 5.41) is 8.84. The van der Waals surface area contributed by atoms with Gasteiger partial charge in [0.15, 0.2) is 0 Å². The predicted molar refractivity (Wildman–Crippen MR) is 82.5 cm³/mol. The fourth-order valence-electron chi connectivity index (χ4n) is 2.26. The fraction of sp³-hybridized carbons (Fsp3) is 0.235. The van der Waals surface area contributed by atoms with E-state index in [0.717, 1.165) is 5.69 Å². The van der Waals surface area contributed by atoms with Gasteiger partial charge in [0.05, 0.1) is 17.7 Å². The molecular weight excluding hydrogens is 246 g/mol. The highest BCUT2D eigenvalue weighted by Gasteiger charge is 2.15. The maximum absolute atomic E-state index is 8.84. The molecule has 1 atom stereocenters. The van der Waals surface area contributed by atoms with Gasteiger partial charge in [0.25, 0.3) is 0 Å². The third-order valence-electron chi connectivity index (χ3n) is 3.56. The molecule has 20 heavy (non-hydrogen) atoms. The Bertz CT molecular complexity index is 594. The number of rotatable bonds is 4. The first-order valence-corrected chi connectivity index (χ1v) is 6.65. The molecule has 102 valence electrons. The van der Waals surface area contributed by atoms with Gasteiger partial charge in [-0.05, 0) is 36.8 Å². The van der Waals surface area contributed by atoms with Crippen molar-refractivity contribution in [2.75, 3.05) is 18.5 Å². The Balaban J connectivity index is 2.26. The van der Waals surface area contributed by atoms with Crippen molar-refractivity contribution in [3.05, 3.63) is 65.2 Å². The molecule has 2 aromatic rings. The minimum absolute atomic E-state index is 0.128. The van der Waals surface area contributed by atoms with E-state index in [2.05, 4.69) is 42.2 Å². The van der Waals surface area contributed by atoms with E-state index < -0.39 is 0 Å². The lowest BCUT2D eigenvalue weighted by atomic mass is 10.0. The zero-order valence-corrected chi connectivity index (χ0v) is 11.9. The minimum Gasteiger partial charge on any atom is -0.366 e. The van der Waals surface area contributed by atoms with Crippen LogP contribution in [0.1, 0.15) is 22.7 Å². The van der Waals surface area contributed by atoms with Crippen molar-refractivity contribution in [3.8, 4) is 6.07 Å². The van der Waals surface area contributed by atoms with Gasteiger partial charge in [-0.25, -0.2) is 0 Å². The van der Waals surface area contributed by atoms with Gasteiger partial charge in [-0.2, -0.15) is 5.26 Å². The van der Waals surface area contributed by atoms with Crippen LogP contribution in [-0.4, -0.2) is 13.6 Å². The minimum atomic E-state index is 0.128. The maximum atomic E-state index is 8.84. The van der Waals surface area contributed by atoms with Gasteiger partial charge < -0.3 is 10.6 Å². The van der Waals surface area contributed by atoms with Gasteiger partial charge in [0.1, 0.15) is 0 Å². The average molecular weight is 265 g/mol. The molecule has 0 aromatic heterocycles. The van der Waals surface area contributed by atoms with Crippen LogP contribution in [0.15, 0.2) is 48.5 Å². The molecule has 0 aliphatic carbocycles. The summed E-state index contributed by atoms with van der Waals surface area (Å²) in [6, 6.07) is 18.3. The molecule has 3 heteroatoms. The van der Waals surface area contributed by atoms with Crippen molar-refractivity contribution in [2.45, 2.75) is 13.0 Å². The summed E-state index contributed by atoms with van der Waals surface area (Å²) in [5.74, 6) is 0. The molecule has 0 spiro atoms. The van der Waals surface area contributed by atoms with Crippen LogP contribution in [0.2, 0.25) is 0 Å². The highest BCUT2D eigenvalue weighted by Crippen LogP contribution is 2.25. The highest BCUT2D eigenvalue weighted by molar-refractivity contribution is 5.51. The summed E-state index contributed by atoms with van der Waals surface area (Å²) in [7, 11) is 2.03. The first-order chi connectivity index (χ1) is 9.65. The van der Waals surface area contributed by atoms with Gasteiger partial charge in [-0.15, -0.1) is 0 Å². The lowest BCUT2D eigenvalue weighted by Crippen LogP contribution is -2.30. The topological polar surface area (TPSA) is 53.0 Å². The Morgan fingerprint density at radius 2 is 1.70 bits per heavy atom. The van der Waals surface area contributed by atoms with Crippen LogP contribution in [0.5, 0.6) is 0 Å². The standard InChI is InChI=1S/C17H19N3/c1-13-3-7-15(8-4-13)17(12-19)20(2)16-9-5-14(11-18)6-10-16/h3-10,17H,12,19H2,1-2H3. The number of benzene rings is 2. The van der Waals surface area contributed by atoms with Gasteiger partial charge in [0, 0.05) is 19.3 Å². The number of nitriles is 1. The number of hydrogen-bond donors (Lipinski definition) is 1. The Kier molecular flexibility index (Phi) is 4.39. The second-order valence-corrected chi connectivity index (χ2v) is 4.93. The molecule has 1 unspecified atom stereocenters. The van der Waals surface area contributed by atoms with E-state index in [9.17, 15) is 0 Å². The molecule has 0 fully saturated rings. The summed E-state index contributed by atoms with van der Waals surface area (Å²) >= 11 is 0. The second-order valence-electron chi connectivity index (χ2n) is 4.93. The molecular formula is C17H19N3. The van der Waals surface area contributed by atoms with Gasteiger partial charge in [-0.3, -0.25) is 0 Å². The lowest BCUT2D eigenvalue weighted by molar-refractivity contribution is 0.680. The summed E-state index contributed by atoms with van der Waals surface area (Å²) in [4.78, 5) is 2.14. The maximum Gasteiger partial charge on any atom is 0.0991 e. The van der Waals surface area contributed by atoms with Crippen molar-refractivity contribution < 1.29 is 0 Å². The SMILES string of the molecule is Cc1ccc(C(CN)N(C)c2ccc(C#N)cc2)cc1. The Morgan fingerprint density at radius 3 is 2.20 bits per heavy atom. The van der Waals surface area contributed by atoms with E-state index in [-0.39, 0.29) is 6.04 Å². The molecule has 0 radical (unpaired) electrons. The number of nitrogens with zero attached hydrogens (tertiary/aromatic N) is 2. The van der Waals surface area contributed by atoms with E-state index in [1.807, 2.05) is 31.3 Å². The van der Waals surface area contributed by atoms with Crippen LogP contribution in [-0.2, 0) is 0 Å². The average Bonchev–Trinajstić information content (AvgIpc) is 2.50. The van der Waals surface area contributed by atoms with Gasteiger partial charge in [-0.1, -0.05) is 29.8 Å². The number of hydrogen-bond acceptors (Lipinski definition) is 3. The molecule has 0 saturated carbocycles. The van der Waals surface area contributed by atoms with Crippen LogP contribution in [0, 0.1) is 18.3 Å². The van der Waals surface area contributed by atoms with Crippen molar-refractivity contribution in [3.63, 3.8) is 0 Å². The van der Waals surface area contributed by atoms with Crippen LogP contribution in [0.3, 0.4) is 0 Å². The quantitative estimate of drug-likeness (QED) is 0.924. The molecule has 0 saturated heterocycles. The molecule has 3 nitrogen and oxygen atoms in total. The largest absolute Gasteiger partial charge is 0.366 e. The van der Waals surface area contributed by atoms with Crippen LogP contribution < -0.4 is 10.6 Å². The van der Waals surface area contributed by atoms with E-state index in [1.165, 1.54) is 11.1 Å². The Morgan fingerprint density at radius 1 is 1.10 bits per heavy atom. The molecule has 2 rings (SSSR count). The Labute approximate surface area is 120 Å². The number of nitrogens with two attached hydrogens (primary N) is 1. The fourth-order valence-corrected chi connectivity index (χ4v) is 2.26. The number of aryl methyl sites for hydroxylation is 1. The van der Waals surface area contributed by atoms with Crippen LogP contribution >= 0.6 is 0 Å².